The predicted molar refractivity (Wildman–Crippen MR) is 133 cm³/mol. The zero-order valence-corrected chi connectivity index (χ0v) is 20.9. The molecule has 0 heterocycles. The van der Waals surface area contributed by atoms with Gasteiger partial charge in [0.2, 0.25) is 0 Å². The molecule has 0 bridgehead atoms. The number of nitrogens with zero attached hydrogens (tertiary/aromatic N) is 1. The Morgan fingerprint density at radius 2 is 1.30 bits per heavy atom. The summed E-state index contributed by atoms with van der Waals surface area (Å²) in [4.78, 5) is 3.03. The van der Waals surface area contributed by atoms with Gasteiger partial charge < -0.3 is 4.72 Å². The maximum atomic E-state index is 13.1. The average molecular weight is 502 g/mol. The number of sulfonamides is 1. The molecule has 3 aromatic rings. The van der Waals surface area contributed by atoms with E-state index in [-0.39, 0.29) is 5.25 Å². The zero-order chi connectivity index (χ0) is 23.5. The minimum absolute atomic E-state index is 0.307. The molecule has 0 amide bonds. The zero-order valence-electron chi connectivity index (χ0n) is 18.4. The first-order valence-electron chi connectivity index (χ1n) is 10.9. The molecule has 0 aliphatic heterocycles. The van der Waals surface area contributed by atoms with Gasteiger partial charge in [0.1, 0.15) is 0 Å². The van der Waals surface area contributed by atoms with Gasteiger partial charge >= 0.3 is 0 Å². The monoisotopic (exact) mass is 501 g/mol. The van der Waals surface area contributed by atoms with Gasteiger partial charge in [0.15, 0.2) is 24.5 Å². The van der Waals surface area contributed by atoms with Gasteiger partial charge in [-0.15, -0.1) is 0 Å². The van der Waals surface area contributed by atoms with E-state index in [1.807, 2.05) is 54.6 Å². The molecule has 1 fully saturated rings. The van der Waals surface area contributed by atoms with Gasteiger partial charge in [0.25, 0.3) is 0 Å². The minimum atomic E-state index is -3.59. The van der Waals surface area contributed by atoms with Crippen LogP contribution in [0.15, 0.2) is 98.4 Å². The summed E-state index contributed by atoms with van der Waals surface area (Å²) in [5.74, 6) is 0. The molecule has 4 rings (SSSR count). The van der Waals surface area contributed by atoms with Gasteiger partial charge in [-0.25, -0.2) is 16.8 Å². The van der Waals surface area contributed by atoms with Crippen LogP contribution in [0.4, 0.5) is 5.69 Å². The second kappa shape index (κ2) is 9.91. The summed E-state index contributed by atoms with van der Waals surface area (Å²) in [5.41, 5.74) is 0.395. The third-order valence-electron chi connectivity index (χ3n) is 5.71. The fourth-order valence-corrected chi connectivity index (χ4v) is 8.75. The molecule has 5 nitrogen and oxygen atoms in total. The number of hydrogen-bond acceptors (Lipinski definition) is 4. The van der Waals surface area contributed by atoms with Crippen molar-refractivity contribution >= 4 is 36.4 Å². The SMILES string of the molecule is CS(=O)(=O)[N-]c1ccccc1[S+](c1ccccc1)c1ccc(S(=O)(=O)C2CCCCC2)cc1. The van der Waals surface area contributed by atoms with Crippen molar-refractivity contribution in [3.05, 3.63) is 83.6 Å². The highest BCUT2D eigenvalue weighted by atomic mass is 32.2. The van der Waals surface area contributed by atoms with E-state index in [4.69, 9.17) is 0 Å². The summed E-state index contributed by atoms with van der Waals surface area (Å²) in [5, 5.41) is -0.307. The Kier molecular flexibility index (Phi) is 7.16. The summed E-state index contributed by atoms with van der Waals surface area (Å²) in [6.07, 6.45) is 5.54. The second-order valence-corrected chi connectivity index (χ2v) is 14.1. The molecule has 174 valence electrons. The molecule has 1 saturated carbocycles. The standard InChI is InChI=1S/C25H27NO4S3/c1-32(27,28)26-24-14-8-9-15-25(24)31(20-10-4-2-5-11-20)21-16-18-23(19-17-21)33(29,30)22-12-6-3-7-13-22/h2,4-5,8-11,14-19,22H,3,6-7,12-13H2,1H3. The lowest BCUT2D eigenvalue weighted by atomic mass is 10.0. The number of hydrogen-bond donors (Lipinski definition) is 0. The summed E-state index contributed by atoms with van der Waals surface area (Å²) >= 11 is 0. The van der Waals surface area contributed by atoms with Crippen LogP contribution in [-0.4, -0.2) is 28.3 Å². The molecule has 1 aliphatic carbocycles. The Balaban J connectivity index is 1.76. The summed E-state index contributed by atoms with van der Waals surface area (Å²) in [6.45, 7) is 0. The normalized spacial score (nSPS) is 16.3. The Hall–Kier alpha value is -2.29. The smallest absolute Gasteiger partial charge is 0.181 e. The largest absolute Gasteiger partial charge is 0.573 e. The molecule has 0 aromatic heterocycles. The van der Waals surface area contributed by atoms with Crippen LogP contribution >= 0.6 is 0 Å². The summed E-state index contributed by atoms with van der Waals surface area (Å²) in [7, 11) is -7.60. The van der Waals surface area contributed by atoms with Crippen LogP contribution in [0.3, 0.4) is 0 Å². The minimum Gasteiger partial charge on any atom is -0.573 e. The molecule has 0 radical (unpaired) electrons. The molecule has 1 aliphatic rings. The van der Waals surface area contributed by atoms with Gasteiger partial charge in [-0.05, 0) is 55.3 Å². The van der Waals surface area contributed by atoms with E-state index < -0.39 is 30.8 Å². The van der Waals surface area contributed by atoms with Crippen LogP contribution in [0.2, 0.25) is 0 Å². The first kappa shape index (κ1) is 23.9. The highest BCUT2D eigenvalue weighted by Gasteiger charge is 2.32. The Bertz CT molecular complexity index is 1300. The van der Waals surface area contributed by atoms with E-state index in [1.165, 1.54) is 0 Å². The summed E-state index contributed by atoms with van der Waals surface area (Å²) < 4.78 is 54.1. The molecule has 33 heavy (non-hydrogen) atoms. The summed E-state index contributed by atoms with van der Waals surface area (Å²) in [6, 6.07) is 24.1. The fraction of sp³-hybridized carbons (Fsp3) is 0.280. The molecule has 1 unspecified atom stereocenters. The van der Waals surface area contributed by atoms with E-state index in [9.17, 15) is 16.8 Å². The fourth-order valence-electron chi connectivity index (χ4n) is 4.16. The number of benzene rings is 3. The van der Waals surface area contributed by atoms with E-state index in [2.05, 4.69) is 4.72 Å². The van der Waals surface area contributed by atoms with Crippen molar-refractivity contribution in [2.45, 2.75) is 56.9 Å². The van der Waals surface area contributed by atoms with Crippen molar-refractivity contribution in [1.29, 1.82) is 0 Å². The van der Waals surface area contributed by atoms with Gasteiger partial charge in [0, 0.05) is 6.26 Å². The Morgan fingerprint density at radius 3 is 1.94 bits per heavy atom. The predicted octanol–water partition coefficient (Wildman–Crippen LogP) is 5.85. The average Bonchev–Trinajstić information content (AvgIpc) is 2.81. The van der Waals surface area contributed by atoms with Gasteiger partial charge in [0.05, 0.1) is 31.1 Å². The quantitative estimate of drug-likeness (QED) is 0.380. The topological polar surface area (TPSA) is 82.4 Å². The van der Waals surface area contributed by atoms with Crippen LogP contribution in [0, 0.1) is 0 Å². The van der Waals surface area contributed by atoms with E-state index in [0.29, 0.717) is 10.6 Å². The van der Waals surface area contributed by atoms with Crippen LogP contribution in [0.5, 0.6) is 0 Å². The molecule has 8 heteroatoms. The molecule has 0 saturated heterocycles. The lowest BCUT2D eigenvalue weighted by Gasteiger charge is -2.22. The lowest BCUT2D eigenvalue weighted by Crippen LogP contribution is -2.24. The molecule has 1 atom stereocenters. The van der Waals surface area contributed by atoms with Crippen molar-refractivity contribution in [2.75, 3.05) is 6.26 Å². The van der Waals surface area contributed by atoms with Gasteiger partial charge in [-0.3, -0.25) is 0 Å². The van der Waals surface area contributed by atoms with Gasteiger partial charge in [-0.1, -0.05) is 61.3 Å². The Labute approximate surface area is 199 Å². The lowest BCUT2D eigenvalue weighted by molar-refractivity contribution is 0.483. The van der Waals surface area contributed by atoms with Crippen LogP contribution in [0.1, 0.15) is 32.1 Å². The third kappa shape index (κ3) is 5.62. The molecule has 0 spiro atoms. The molecular formula is C25H27NO4S3. The third-order valence-corrected chi connectivity index (χ3v) is 10.8. The first-order chi connectivity index (χ1) is 15.8. The van der Waals surface area contributed by atoms with E-state index >= 15 is 0 Å². The van der Waals surface area contributed by atoms with Crippen LogP contribution in [0.25, 0.3) is 4.72 Å². The van der Waals surface area contributed by atoms with Gasteiger partial charge in [-0.2, -0.15) is 0 Å². The van der Waals surface area contributed by atoms with E-state index in [1.54, 1.807) is 24.3 Å². The number of rotatable bonds is 7. The van der Waals surface area contributed by atoms with Crippen molar-refractivity contribution in [3.63, 3.8) is 0 Å². The number of sulfone groups is 1. The van der Waals surface area contributed by atoms with Crippen molar-refractivity contribution < 1.29 is 16.8 Å². The highest BCUT2D eigenvalue weighted by Crippen LogP contribution is 2.39. The van der Waals surface area contributed by atoms with Crippen LogP contribution < -0.4 is 0 Å². The van der Waals surface area contributed by atoms with Crippen LogP contribution in [-0.2, 0) is 30.8 Å². The maximum Gasteiger partial charge on any atom is 0.181 e. The van der Waals surface area contributed by atoms with E-state index in [0.717, 1.165) is 53.0 Å². The van der Waals surface area contributed by atoms with Crippen molar-refractivity contribution in [3.8, 4) is 0 Å². The second-order valence-electron chi connectivity index (χ2n) is 8.19. The van der Waals surface area contributed by atoms with Crippen molar-refractivity contribution in [1.82, 2.24) is 0 Å². The molecule has 3 aromatic carbocycles. The molecule has 0 N–H and O–H groups in total. The van der Waals surface area contributed by atoms with Crippen molar-refractivity contribution in [2.24, 2.45) is 0 Å². The first-order valence-corrected chi connectivity index (χ1v) is 15.5. The molecular weight excluding hydrogens is 474 g/mol. The Morgan fingerprint density at radius 1 is 0.727 bits per heavy atom. The maximum absolute atomic E-state index is 13.1. The highest BCUT2D eigenvalue weighted by molar-refractivity contribution is 7.97.